The SMILES string of the molecule is CCCN1C(=O)CC(CNC)C1(C)C. The maximum absolute atomic E-state index is 11.8. The number of nitrogens with zero attached hydrogens (tertiary/aromatic N) is 1. The maximum atomic E-state index is 11.8. The quantitative estimate of drug-likeness (QED) is 0.737. The van der Waals surface area contributed by atoms with Gasteiger partial charge in [-0.15, -0.1) is 0 Å². The Kier molecular flexibility index (Phi) is 3.53. The van der Waals surface area contributed by atoms with Crippen molar-refractivity contribution in [2.45, 2.75) is 39.2 Å². The fraction of sp³-hybridized carbons (Fsp3) is 0.909. The van der Waals surface area contributed by atoms with Gasteiger partial charge in [-0.3, -0.25) is 4.79 Å². The number of carbonyl (C=O) groups is 1. The Balaban J connectivity index is 2.73. The fourth-order valence-electron chi connectivity index (χ4n) is 2.32. The molecule has 1 heterocycles. The molecule has 0 aromatic heterocycles. The molecule has 1 saturated heterocycles. The molecule has 0 aromatic carbocycles. The van der Waals surface area contributed by atoms with Crippen LogP contribution >= 0.6 is 0 Å². The third kappa shape index (κ3) is 1.92. The number of likely N-dealkylation sites (tertiary alicyclic amines) is 1. The summed E-state index contributed by atoms with van der Waals surface area (Å²) in [6.45, 7) is 8.30. The summed E-state index contributed by atoms with van der Waals surface area (Å²) in [6.07, 6.45) is 1.75. The maximum Gasteiger partial charge on any atom is 0.223 e. The van der Waals surface area contributed by atoms with Gasteiger partial charge in [-0.25, -0.2) is 0 Å². The van der Waals surface area contributed by atoms with Crippen molar-refractivity contribution in [1.29, 1.82) is 0 Å². The first-order chi connectivity index (χ1) is 6.54. The lowest BCUT2D eigenvalue weighted by molar-refractivity contribution is -0.130. The molecule has 3 nitrogen and oxygen atoms in total. The highest BCUT2D eigenvalue weighted by atomic mass is 16.2. The summed E-state index contributed by atoms with van der Waals surface area (Å²) in [6, 6.07) is 0. The summed E-state index contributed by atoms with van der Waals surface area (Å²) in [5, 5.41) is 3.17. The smallest absolute Gasteiger partial charge is 0.223 e. The highest BCUT2D eigenvalue weighted by Gasteiger charge is 2.44. The zero-order valence-electron chi connectivity index (χ0n) is 9.76. The van der Waals surface area contributed by atoms with Crippen LogP contribution in [0.3, 0.4) is 0 Å². The molecule has 0 aromatic rings. The molecule has 1 rings (SSSR count). The summed E-state index contributed by atoms with van der Waals surface area (Å²) in [5.41, 5.74) is 0.0239. The van der Waals surface area contributed by atoms with Gasteiger partial charge in [0.15, 0.2) is 0 Å². The Labute approximate surface area is 86.9 Å². The monoisotopic (exact) mass is 198 g/mol. The van der Waals surface area contributed by atoms with E-state index in [9.17, 15) is 4.79 Å². The molecule has 1 atom stereocenters. The van der Waals surface area contributed by atoms with Crippen LogP contribution in [0.1, 0.15) is 33.6 Å². The molecule has 0 aliphatic carbocycles. The van der Waals surface area contributed by atoms with Gasteiger partial charge in [-0.1, -0.05) is 6.92 Å². The van der Waals surface area contributed by atoms with E-state index in [0.717, 1.165) is 19.5 Å². The van der Waals surface area contributed by atoms with E-state index in [0.29, 0.717) is 18.2 Å². The molecule has 0 spiro atoms. The van der Waals surface area contributed by atoms with Crippen molar-refractivity contribution in [1.82, 2.24) is 10.2 Å². The zero-order valence-corrected chi connectivity index (χ0v) is 9.76. The molecular formula is C11H22N2O. The second-order valence-electron chi connectivity index (χ2n) is 4.66. The Bertz CT molecular complexity index is 213. The van der Waals surface area contributed by atoms with Gasteiger partial charge in [0.05, 0.1) is 0 Å². The van der Waals surface area contributed by atoms with Gasteiger partial charge >= 0.3 is 0 Å². The third-order valence-corrected chi connectivity index (χ3v) is 3.31. The summed E-state index contributed by atoms with van der Waals surface area (Å²) < 4.78 is 0. The minimum absolute atomic E-state index is 0.0239. The molecule has 0 bridgehead atoms. The predicted molar refractivity (Wildman–Crippen MR) is 58.1 cm³/mol. The number of hydrogen-bond donors (Lipinski definition) is 1. The van der Waals surface area contributed by atoms with Crippen LogP contribution < -0.4 is 5.32 Å². The highest BCUT2D eigenvalue weighted by Crippen LogP contribution is 2.34. The van der Waals surface area contributed by atoms with Crippen LogP contribution in [0.15, 0.2) is 0 Å². The summed E-state index contributed by atoms with van der Waals surface area (Å²) in [7, 11) is 1.95. The predicted octanol–water partition coefficient (Wildman–Crippen LogP) is 1.24. The Morgan fingerprint density at radius 1 is 1.57 bits per heavy atom. The number of carbonyl (C=O) groups excluding carboxylic acids is 1. The molecule has 14 heavy (non-hydrogen) atoms. The second-order valence-corrected chi connectivity index (χ2v) is 4.66. The summed E-state index contributed by atoms with van der Waals surface area (Å²) in [4.78, 5) is 13.8. The number of rotatable bonds is 4. The molecule has 1 unspecified atom stereocenters. The van der Waals surface area contributed by atoms with Crippen LogP contribution in [0.5, 0.6) is 0 Å². The van der Waals surface area contributed by atoms with Gasteiger partial charge in [0, 0.05) is 31.0 Å². The lowest BCUT2D eigenvalue weighted by Gasteiger charge is -2.35. The number of hydrogen-bond acceptors (Lipinski definition) is 2. The van der Waals surface area contributed by atoms with Gasteiger partial charge in [-0.05, 0) is 27.3 Å². The molecule has 1 N–H and O–H groups in total. The van der Waals surface area contributed by atoms with Crippen molar-refractivity contribution in [3.05, 3.63) is 0 Å². The molecule has 1 aliphatic heterocycles. The van der Waals surface area contributed by atoms with Crippen molar-refractivity contribution in [3.8, 4) is 0 Å². The van der Waals surface area contributed by atoms with Crippen LogP contribution in [0.25, 0.3) is 0 Å². The molecule has 1 aliphatic rings. The first-order valence-electron chi connectivity index (χ1n) is 5.49. The molecule has 0 radical (unpaired) electrons. The van der Waals surface area contributed by atoms with Gasteiger partial charge in [0.2, 0.25) is 5.91 Å². The summed E-state index contributed by atoms with van der Waals surface area (Å²) >= 11 is 0. The van der Waals surface area contributed by atoms with Crippen molar-refractivity contribution < 1.29 is 4.79 Å². The Morgan fingerprint density at radius 2 is 2.21 bits per heavy atom. The van der Waals surface area contributed by atoms with Gasteiger partial charge in [0.1, 0.15) is 0 Å². The Hall–Kier alpha value is -0.570. The van der Waals surface area contributed by atoms with Gasteiger partial charge in [0.25, 0.3) is 0 Å². The van der Waals surface area contributed by atoms with E-state index in [1.807, 2.05) is 11.9 Å². The summed E-state index contributed by atoms with van der Waals surface area (Å²) in [5.74, 6) is 0.767. The largest absolute Gasteiger partial charge is 0.337 e. The van der Waals surface area contributed by atoms with Gasteiger partial charge in [-0.2, -0.15) is 0 Å². The number of nitrogens with one attached hydrogen (secondary N) is 1. The van der Waals surface area contributed by atoms with Crippen LogP contribution in [0.2, 0.25) is 0 Å². The van der Waals surface area contributed by atoms with Crippen molar-refractivity contribution in [2.75, 3.05) is 20.1 Å². The lowest BCUT2D eigenvalue weighted by atomic mass is 9.88. The van der Waals surface area contributed by atoms with Crippen molar-refractivity contribution in [2.24, 2.45) is 5.92 Å². The van der Waals surface area contributed by atoms with Gasteiger partial charge < -0.3 is 10.2 Å². The standard InChI is InChI=1S/C11H22N2O/c1-5-6-13-10(14)7-9(8-12-4)11(13,2)3/h9,12H,5-8H2,1-4H3. The highest BCUT2D eigenvalue weighted by molar-refractivity contribution is 5.80. The molecule has 1 amide bonds. The van der Waals surface area contributed by atoms with E-state index in [4.69, 9.17) is 0 Å². The second kappa shape index (κ2) is 4.30. The average Bonchev–Trinajstić information content (AvgIpc) is 2.30. The first-order valence-corrected chi connectivity index (χ1v) is 5.49. The van der Waals surface area contributed by atoms with Crippen LogP contribution in [0.4, 0.5) is 0 Å². The van der Waals surface area contributed by atoms with E-state index in [2.05, 4.69) is 26.1 Å². The normalized spacial score (nSPS) is 25.9. The molecule has 82 valence electrons. The van der Waals surface area contributed by atoms with E-state index >= 15 is 0 Å². The van der Waals surface area contributed by atoms with Crippen molar-refractivity contribution in [3.63, 3.8) is 0 Å². The topological polar surface area (TPSA) is 32.3 Å². The van der Waals surface area contributed by atoms with E-state index in [1.54, 1.807) is 0 Å². The third-order valence-electron chi connectivity index (χ3n) is 3.31. The number of amides is 1. The van der Waals surface area contributed by atoms with E-state index in [-0.39, 0.29) is 5.54 Å². The molecule has 0 saturated carbocycles. The lowest BCUT2D eigenvalue weighted by Crippen LogP contribution is -2.46. The van der Waals surface area contributed by atoms with E-state index in [1.165, 1.54) is 0 Å². The van der Waals surface area contributed by atoms with Crippen LogP contribution in [-0.4, -0.2) is 36.5 Å². The Morgan fingerprint density at radius 3 is 2.71 bits per heavy atom. The fourth-order valence-corrected chi connectivity index (χ4v) is 2.32. The minimum Gasteiger partial charge on any atom is -0.337 e. The average molecular weight is 198 g/mol. The van der Waals surface area contributed by atoms with Crippen LogP contribution in [0, 0.1) is 5.92 Å². The van der Waals surface area contributed by atoms with Crippen molar-refractivity contribution >= 4 is 5.91 Å². The van der Waals surface area contributed by atoms with E-state index < -0.39 is 0 Å². The first kappa shape index (κ1) is 11.5. The molecule has 3 heteroatoms. The van der Waals surface area contributed by atoms with Crippen LogP contribution in [-0.2, 0) is 4.79 Å². The zero-order chi connectivity index (χ0) is 10.8. The minimum atomic E-state index is 0.0239. The molecule has 1 fully saturated rings. The molecular weight excluding hydrogens is 176 g/mol.